The summed E-state index contributed by atoms with van der Waals surface area (Å²) in [6.07, 6.45) is 3.65. The Morgan fingerprint density at radius 2 is 1.88 bits per heavy atom. The van der Waals surface area contributed by atoms with E-state index in [0.29, 0.717) is 34.4 Å². The van der Waals surface area contributed by atoms with E-state index in [-0.39, 0.29) is 6.04 Å². The largest absolute Gasteiger partial charge is 0.436 e. The predicted octanol–water partition coefficient (Wildman–Crippen LogP) is 5.38. The minimum atomic E-state index is -1.99. The van der Waals surface area contributed by atoms with Crippen LogP contribution in [-0.4, -0.2) is 54.8 Å². The van der Waals surface area contributed by atoms with Gasteiger partial charge in [-0.25, -0.2) is 14.4 Å². The average molecular weight is 555 g/mol. The molecule has 0 saturated carbocycles. The number of hydrogen-bond donors (Lipinski definition) is 1. The first-order chi connectivity index (χ1) is 19.7. The standard InChI is InChI=1S/C30H31FN8O2/c1-19-35-37-39(36-19)27(20-7-5-4-6-8-20)21-12-15-38(16-13-21)26-17-22(11-14-32-26)28-34-24-18-23(9-10-25(24)41-28)33-29(40)30(2,3)31/h4-11,14,17-18,21,27H,12-13,15-16H2,1-3H3,(H,33,40). The summed E-state index contributed by atoms with van der Waals surface area (Å²) in [5.41, 5.74) is 1.58. The number of carbonyl (C=O) groups excluding carboxylic acids is 1. The molecule has 1 aliphatic rings. The SMILES string of the molecule is Cc1nnn(C(c2ccccc2)C2CCN(c3cc(-c4nc5cc(NC(=O)C(C)(C)F)ccc5o4)ccn3)CC2)n1. The molecule has 1 fully saturated rings. The zero-order valence-electron chi connectivity index (χ0n) is 23.2. The van der Waals surface area contributed by atoms with Gasteiger partial charge >= 0.3 is 0 Å². The van der Waals surface area contributed by atoms with Crippen LogP contribution in [0.25, 0.3) is 22.6 Å². The molecule has 1 aliphatic heterocycles. The van der Waals surface area contributed by atoms with Gasteiger partial charge in [0.25, 0.3) is 5.91 Å². The van der Waals surface area contributed by atoms with Crippen LogP contribution in [0, 0.1) is 12.8 Å². The third kappa shape index (κ3) is 5.65. The second-order valence-corrected chi connectivity index (χ2v) is 10.9. The molecule has 1 amide bonds. The Bertz CT molecular complexity index is 1670. The Labute approximate surface area is 236 Å². The highest BCUT2D eigenvalue weighted by molar-refractivity contribution is 5.98. The van der Waals surface area contributed by atoms with Gasteiger partial charge in [-0.05, 0) is 80.6 Å². The van der Waals surface area contributed by atoms with Gasteiger partial charge in [0.2, 0.25) is 5.89 Å². The van der Waals surface area contributed by atoms with Gasteiger partial charge in [-0.2, -0.15) is 4.80 Å². The molecular formula is C30H31FN8O2. The lowest BCUT2D eigenvalue weighted by atomic mass is 9.85. The van der Waals surface area contributed by atoms with Crippen molar-refractivity contribution in [3.8, 4) is 11.5 Å². The summed E-state index contributed by atoms with van der Waals surface area (Å²) in [6, 6.07) is 19.3. The highest BCUT2D eigenvalue weighted by Gasteiger charge is 2.31. The number of rotatable bonds is 7. The number of nitrogens with one attached hydrogen (secondary N) is 1. The molecule has 1 N–H and O–H groups in total. The molecular weight excluding hydrogens is 523 g/mol. The lowest BCUT2D eigenvalue weighted by molar-refractivity contribution is -0.125. The molecule has 5 aromatic rings. The van der Waals surface area contributed by atoms with E-state index in [2.05, 4.69) is 47.7 Å². The summed E-state index contributed by atoms with van der Waals surface area (Å²) in [5, 5.41) is 15.6. The van der Waals surface area contributed by atoms with Crippen molar-refractivity contribution in [2.24, 2.45) is 5.92 Å². The minimum Gasteiger partial charge on any atom is -0.436 e. The number of nitrogens with zero attached hydrogens (tertiary/aromatic N) is 7. The number of aryl methyl sites for hydroxylation is 1. The summed E-state index contributed by atoms with van der Waals surface area (Å²) >= 11 is 0. The van der Waals surface area contributed by atoms with E-state index in [1.807, 2.05) is 37.3 Å². The number of pyridine rings is 1. The van der Waals surface area contributed by atoms with E-state index < -0.39 is 11.6 Å². The summed E-state index contributed by atoms with van der Waals surface area (Å²) in [4.78, 5) is 25.3. The van der Waals surface area contributed by atoms with Crippen molar-refractivity contribution in [3.63, 3.8) is 0 Å². The van der Waals surface area contributed by atoms with Crippen LogP contribution in [0.2, 0.25) is 0 Å². The highest BCUT2D eigenvalue weighted by atomic mass is 19.1. The van der Waals surface area contributed by atoms with E-state index in [0.717, 1.165) is 37.3 Å². The summed E-state index contributed by atoms with van der Waals surface area (Å²) in [7, 11) is 0. The maximum Gasteiger partial charge on any atom is 0.261 e. The monoisotopic (exact) mass is 554 g/mol. The van der Waals surface area contributed by atoms with Crippen molar-refractivity contribution in [3.05, 3.63) is 78.2 Å². The number of amides is 1. The lowest BCUT2D eigenvalue weighted by Gasteiger charge is -2.36. The number of halogens is 1. The van der Waals surface area contributed by atoms with Crippen molar-refractivity contribution >= 4 is 28.5 Å². The van der Waals surface area contributed by atoms with Gasteiger partial charge in [0, 0.05) is 30.5 Å². The fourth-order valence-electron chi connectivity index (χ4n) is 5.24. The molecule has 1 saturated heterocycles. The second kappa shape index (κ2) is 10.7. The Morgan fingerprint density at radius 1 is 1.10 bits per heavy atom. The Morgan fingerprint density at radius 3 is 2.59 bits per heavy atom. The maximum absolute atomic E-state index is 14.0. The Kier molecular flexibility index (Phi) is 6.94. The molecule has 10 nitrogen and oxygen atoms in total. The fraction of sp³-hybridized carbons (Fsp3) is 0.333. The van der Waals surface area contributed by atoms with Crippen molar-refractivity contribution in [2.45, 2.75) is 45.3 Å². The summed E-state index contributed by atoms with van der Waals surface area (Å²) in [6.45, 7) is 5.96. The molecule has 0 bridgehead atoms. The zero-order chi connectivity index (χ0) is 28.6. The van der Waals surface area contributed by atoms with E-state index in [4.69, 9.17) is 4.42 Å². The zero-order valence-corrected chi connectivity index (χ0v) is 23.2. The molecule has 6 rings (SSSR count). The van der Waals surface area contributed by atoms with Crippen LogP contribution in [0.3, 0.4) is 0 Å². The van der Waals surface area contributed by atoms with Crippen LogP contribution in [0.1, 0.15) is 44.1 Å². The smallest absolute Gasteiger partial charge is 0.261 e. The molecule has 41 heavy (non-hydrogen) atoms. The van der Waals surface area contributed by atoms with E-state index >= 15 is 0 Å². The first-order valence-electron chi connectivity index (χ1n) is 13.7. The topological polar surface area (TPSA) is 115 Å². The van der Waals surface area contributed by atoms with Gasteiger partial charge in [0.05, 0.1) is 0 Å². The number of benzene rings is 2. The normalized spacial score (nSPS) is 15.3. The molecule has 1 unspecified atom stereocenters. The van der Waals surface area contributed by atoms with Crippen LogP contribution in [0.15, 0.2) is 71.3 Å². The highest BCUT2D eigenvalue weighted by Crippen LogP contribution is 2.35. The van der Waals surface area contributed by atoms with Crippen LogP contribution in [0.5, 0.6) is 0 Å². The van der Waals surface area contributed by atoms with Gasteiger partial charge in [0.1, 0.15) is 17.4 Å². The van der Waals surface area contributed by atoms with Crippen molar-refractivity contribution < 1.29 is 13.6 Å². The average Bonchev–Trinajstić information content (AvgIpc) is 3.60. The summed E-state index contributed by atoms with van der Waals surface area (Å²) < 4.78 is 20.0. The number of anilines is 2. The molecule has 11 heteroatoms. The number of fused-ring (bicyclic) bond motifs is 1. The molecule has 0 radical (unpaired) electrons. The summed E-state index contributed by atoms with van der Waals surface area (Å²) in [5.74, 6) is 1.59. The number of piperidine rings is 1. The molecule has 0 spiro atoms. The number of carbonyl (C=O) groups is 1. The Hall–Kier alpha value is -4.67. The van der Waals surface area contributed by atoms with Crippen LogP contribution < -0.4 is 10.2 Å². The molecule has 210 valence electrons. The third-order valence-corrected chi connectivity index (χ3v) is 7.41. The molecule has 1 atom stereocenters. The van der Waals surface area contributed by atoms with Gasteiger partial charge in [-0.1, -0.05) is 30.3 Å². The van der Waals surface area contributed by atoms with Crippen LogP contribution in [-0.2, 0) is 4.79 Å². The minimum absolute atomic E-state index is 0.0178. The molecule has 2 aromatic carbocycles. The Balaban J connectivity index is 1.18. The second-order valence-electron chi connectivity index (χ2n) is 10.9. The number of tetrazole rings is 1. The maximum atomic E-state index is 14.0. The third-order valence-electron chi connectivity index (χ3n) is 7.41. The molecule has 3 aromatic heterocycles. The van der Waals surface area contributed by atoms with Crippen molar-refractivity contribution in [1.29, 1.82) is 0 Å². The molecule has 0 aliphatic carbocycles. The van der Waals surface area contributed by atoms with Crippen LogP contribution in [0.4, 0.5) is 15.9 Å². The van der Waals surface area contributed by atoms with E-state index in [1.165, 1.54) is 19.4 Å². The number of aromatic nitrogens is 6. The number of alkyl halides is 1. The van der Waals surface area contributed by atoms with Gasteiger partial charge < -0.3 is 14.6 Å². The first kappa shape index (κ1) is 26.5. The number of hydrogen-bond acceptors (Lipinski definition) is 8. The van der Waals surface area contributed by atoms with E-state index in [9.17, 15) is 9.18 Å². The fourth-order valence-corrected chi connectivity index (χ4v) is 5.24. The molecule has 4 heterocycles. The van der Waals surface area contributed by atoms with Gasteiger partial charge in [0.15, 0.2) is 17.1 Å². The lowest BCUT2D eigenvalue weighted by Crippen LogP contribution is -2.38. The van der Waals surface area contributed by atoms with E-state index in [1.54, 1.807) is 29.2 Å². The quantitative estimate of drug-likeness (QED) is 0.285. The van der Waals surface area contributed by atoms with Crippen LogP contribution >= 0.6 is 0 Å². The predicted molar refractivity (Wildman–Crippen MR) is 153 cm³/mol. The van der Waals surface area contributed by atoms with Gasteiger partial charge in [-0.15, -0.1) is 10.2 Å². The van der Waals surface area contributed by atoms with Crippen molar-refractivity contribution in [1.82, 2.24) is 30.2 Å². The number of oxazole rings is 1. The van der Waals surface area contributed by atoms with Crippen molar-refractivity contribution in [2.75, 3.05) is 23.3 Å². The first-order valence-corrected chi connectivity index (χ1v) is 13.7. The van der Waals surface area contributed by atoms with Gasteiger partial charge in [-0.3, -0.25) is 4.79 Å².